The van der Waals surface area contributed by atoms with E-state index in [2.05, 4.69) is 24.3 Å². The molecule has 0 saturated heterocycles. The number of ketones is 1. The monoisotopic (exact) mass is 344 g/mol. The summed E-state index contributed by atoms with van der Waals surface area (Å²) in [4.78, 5) is 13.8. The fraction of sp³-hybridized carbons (Fsp3) is 0.800. The average molecular weight is 344 g/mol. The van der Waals surface area contributed by atoms with Crippen molar-refractivity contribution in [2.24, 2.45) is 94.7 Å². The van der Waals surface area contributed by atoms with Crippen LogP contribution in [0.3, 0.4) is 0 Å². The fourth-order valence-corrected chi connectivity index (χ4v) is 12.2. The van der Waals surface area contributed by atoms with E-state index in [0.717, 1.165) is 88.6 Å². The molecule has 7 fully saturated rings. The van der Waals surface area contributed by atoms with Crippen LogP contribution in [0.1, 0.15) is 25.7 Å². The van der Waals surface area contributed by atoms with Crippen LogP contribution in [0.5, 0.6) is 0 Å². The van der Waals surface area contributed by atoms with Gasteiger partial charge in [0, 0.05) is 11.8 Å². The number of carbonyl (C=O) groups is 1. The number of fused-ring (bicyclic) bond motifs is 25. The Balaban J connectivity index is 1.17. The maximum absolute atomic E-state index is 13.8. The quantitative estimate of drug-likeness (QED) is 0.475. The highest BCUT2D eigenvalue weighted by atomic mass is 16.1. The Morgan fingerprint density at radius 3 is 1.31 bits per heavy atom. The van der Waals surface area contributed by atoms with E-state index in [1.54, 1.807) is 0 Å². The Morgan fingerprint density at radius 2 is 0.885 bits per heavy atom. The summed E-state index contributed by atoms with van der Waals surface area (Å²) in [5, 5.41) is 0. The van der Waals surface area contributed by atoms with Gasteiger partial charge in [-0.25, -0.2) is 0 Å². The first-order valence-electron chi connectivity index (χ1n) is 11.7. The number of rotatable bonds is 0. The minimum absolute atomic E-state index is 0.513. The zero-order valence-electron chi connectivity index (χ0n) is 15.3. The molecule has 0 aromatic heterocycles. The maximum Gasteiger partial charge on any atom is 0.140 e. The van der Waals surface area contributed by atoms with Gasteiger partial charge in [0.2, 0.25) is 0 Å². The largest absolute Gasteiger partial charge is 0.299 e. The number of allylic oxidation sites excluding steroid dienone is 4. The molecule has 1 nitrogen and oxygen atoms in total. The third-order valence-electron chi connectivity index (χ3n) is 12.1. The van der Waals surface area contributed by atoms with Crippen molar-refractivity contribution in [3.8, 4) is 0 Å². The van der Waals surface area contributed by atoms with Crippen molar-refractivity contribution < 1.29 is 4.79 Å². The lowest BCUT2D eigenvalue weighted by Gasteiger charge is -2.44. The van der Waals surface area contributed by atoms with Crippen molar-refractivity contribution in [3.05, 3.63) is 24.3 Å². The van der Waals surface area contributed by atoms with Crippen molar-refractivity contribution in [2.75, 3.05) is 0 Å². The average Bonchev–Trinajstić information content (AvgIpc) is 3.48. The zero-order chi connectivity index (χ0) is 16.5. The first-order chi connectivity index (χ1) is 12.8. The summed E-state index contributed by atoms with van der Waals surface area (Å²) in [6, 6.07) is 0. The molecule has 9 rings (SSSR count). The highest BCUT2D eigenvalue weighted by Gasteiger charge is 2.77. The van der Waals surface area contributed by atoms with Gasteiger partial charge in [-0.05, 0) is 109 Å². The number of hydrogen-bond acceptors (Lipinski definition) is 1. The highest BCUT2D eigenvalue weighted by Crippen LogP contribution is 2.79. The molecular formula is C25H28O. The Morgan fingerprint density at radius 1 is 0.500 bits per heavy atom. The molecule has 0 aromatic carbocycles. The van der Waals surface area contributed by atoms with Crippen molar-refractivity contribution in [2.45, 2.75) is 25.7 Å². The molecule has 0 radical (unpaired) electrons. The second-order valence-corrected chi connectivity index (χ2v) is 11.9. The number of hydrogen-bond donors (Lipinski definition) is 0. The van der Waals surface area contributed by atoms with Crippen LogP contribution < -0.4 is 0 Å². The minimum Gasteiger partial charge on any atom is -0.299 e. The molecule has 134 valence electrons. The molecule has 0 heterocycles. The van der Waals surface area contributed by atoms with Crippen LogP contribution >= 0.6 is 0 Å². The molecule has 1 heteroatoms. The minimum atomic E-state index is 0.513. The van der Waals surface area contributed by atoms with E-state index < -0.39 is 0 Å². The van der Waals surface area contributed by atoms with E-state index in [1.165, 1.54) is 25.7 Å². The highest BCUT2D eigenvalue weighted by molar-refractivity contribution is 5.88. The second-order valence-electron chi connectivity index (χ2n) is 11.9. The summed E-state index contributed by atoms with van der Waals surface area (Å²) in [5.74, 6) is 14.2. The van der Waals surface area contributed by atoms with Gasteiger partial charge in [-0.1, -0.05) is 24.3 Å². The Labute approximate surface area is 155 Å². The van der Waals surface area contributed by atoms with Crippen molar-refractivity contribution in [1.29, 1.82) is 0 Å². The van der Waals surface area contributed by atoms with Gasteiger partial charge in [0.25, 0.3) is 0 Å². The molecule has 16 atom stereocenters. The van der Waals surface area contributed by atoms with Crippen LogP contribution in [0, 0.1) is 94.7 Å². The van der Waals surface area contributed by atoms with Crippen molar-refractivity contribution >= 4 is 5.78 Å². The van der Waals surface area contributed by atoms with Crippen molar-refractivity contribution in [1.82, 2.24) is 0 Å². The number of Topliss-reactive ketones (excluding diaryl/α,β-unsaturated/α-hetero) is 1. The molecule has 26 heavy (non-hydrogen) atoms. The Bertz CT molecular complexity index is 756. The summed E-state index contributed by atoms with van der Waals surface area (Å²) >= 11 is 0. The lowest BCUT2D eigenvalue weighted by Crippen LogP contribution is -2.41. The van der Waals surface area contributed by atoms with Crippen LogP contribution in [-0.2, 0) is 4.79 Å². The molecule has 0 aliphatic heterocycles. The maximum atomic E-state index is 13.8. The molecule has 8 bridgehead atoms. The zero-order valence-corrected chi connectivity index (χ0v) is 15.3. The Hall–Kier alpha value is -0.850. The lowest BCUT2D eigenvalue weighted by molar-refractivity contribution is -0.128. The van der Waals surface area contributed by atoms with Gasteiger partial charge >= 0.3 is 0 Å². The topological polar surface area (TPSA) is 17.1 Å². The van der Waals surface area contributed by atoms with Gasteiger partial charge < -0.3 is 0 Å². The molecular weight excluding hydrogens is 316 g/mol. The molecule has 9 aliphatic carbocycles. The first kappa shape index (κ1) is 13.3. The van der Waals surface area contributed by atoms with E-state index >= 15 is 0 Å². The summed E-state index contributed by atoms with van der Waals surface area (Å²) in [5.41, 5.74) is 0. The fourth-order valence-electron chi connectivity index (χ4n) is 12.2. The third kappa shape index (κ3) is 1.11. The SMILES string of the molecule is O=C1[C@@H]2[C@H]3C[C@H]([C@H]2[C@@H]2[C@@H]4C[C@@H]([C@H]12)[C@@H]1[C@@H]4[C@H]2C=C[C@H]1C2)[C@H]1[C@H]3[C@H]2C=C[C@H]1C2. The van der Waals surface area contributed by atoms with E-state index in [4.69, 9.17) is 0 Å². The summed E-state index contributed by atoms with van der Waals surface area (Å²) in [6.07, 6.45) is 16.0. The van der Waals surface area contributed by atoms with Gasteiger partial charge in [-0.15, -0.1) is 0 Å². The van der Waals surface area contributed by atoms with Crippen LogP contribution in [0.4, 0.5) is 0 Å². The first-order valence-corrected chi connectivity index (χ1v) is 11.7. The second kappa shape index (κ2) is 3.83. The van der Waals surface area contributed by atoms with Gasteiger partial charge in [-0.2, -0.15) is 0 Å². The predicted molar refractivity (Wildman–Crippen MR) is 97.6 cm³/mol. The molecule has 0 aromatic rings. The van der Waals surface area contributed by atoms with Crippen LogP contribution in [0.15, 0.2) is 24.3 Å². The Kier molecular flexibility index (Phi) is 1.96. The lowest BCUT2D eigenvalue weighted by atomic mass is 9.60. The standard InChI is InChI=1S/C25H28O/c26-25-23-15-7-13(17-9-1-3-11(5-9)19(15)17)21(23)22-14-8-16(24(22)25)20-12-4-2-10(6-12)18(14)20/h1-4,9-24H,5-8H2/t9-,10-,11-,12-,13-,14+,15-,16+,17-,18+,19-,20+,21-,22-,23+,24-/m0/s1. The molecule has 0 N–H and O–H groups in total. The number of carbonyl (C=O) groups excluding carboxylic acids is 1. The van der Waals surface area contributed by atoms with E-state index in [1.807, 2.05) is 0 Å². The summed E-state index contributed by atoms with van der Waals surface area (Å²) in [7, 11) is 0. The summed E-state index contributed by atoms with van der Waals surface area (Å²) < 4.78 is 0. The van der Waals surface area contributed by atoms with Gasteiger partial charge in [-0.3, -0.25) is 4.79 Å². The van der Waals surface area contributed by atoms with Gasteiger partial charge in [0.05, 0.1) is 0 Å². The molecule has 0 unspecified atom stereocenters. The van der Waals surface area contributed by atoms with Crippen molar-refractivity contribution in [3.63, 3.8) is 0 Å². The third-order valence-corrected chi connectivity index (χ3v) is 12.1. The summed E-state index contributed by atoms with van der Waals surface area (Å²) in [6.45, 7) is 0. The predicted octanol–water partition coefficient (Wildman–Crippen LogP) is 4.21. The molecule has 0 spiro atoms. The van der Waals surface area contributed by atoms with E-state index in [9.17, 15) is 4.79 Å². The van der Waals surface area contributed by atoms with E-state index in [-0.39, 0.29) is 0 Å². The van der Waals surface area contributed by atoms with Gasteiger partial charge in [0.15, 0.2) is 0 Å². The van der Waals surface area contributed by atoms with Crippen LogP contribution in [0.2, 0.25) is 0 Å². The van der Waals surface area contributed by atoms with E-state index in [0.29, 0.717) is 11.8 Å². The van der Waals surface area contributed by atoms with Crippen LogP contribution in [0.25, 0.3) is 0 Å². The smallest absolute Gasteiger partial charge is 0.140 e. The molecule has 9 aliphatic rings. The normalized spacial score (nSPS) is 74.1. The molecule has 0 amide bonds. The molecule has 7 saturated carbocycles. The van der Waals surface area contributed by atoms with Crippen LogP contribution in [-0.4, -0.2) is 5.78 Å². The van der Waals surface area contributed by atoms with Gasteiger partial charge in [0.1, 0.15) is 5.78 Å².